The van der Waals surface area contributed by atoms with Crippen LogP contribution in [0.25, 0.3) is 33.4 Å². The summed E-state index contributed by atoms with van der Waals surface area (Å²) in [7, 11) is -1.56. The lowest BCUT2D eigenvalue weighted by Crippen LogP contribution is -2.40. The number of hydrogen-bond donors (Lipinski definition) is 0. The molecule has 4 rings (SSSR count). The fourth-order valence-electron chi connectivity index (χ4n) is 8.29. The van der Waals surface area contributed by atoms with Gasteiger partial charge in [0.2, 0.25) is 0 Å². The summed E-state index contributed by atoms with van der Waals surface area (Å²) in [4.78, 5) is 0. The Hall–Kier alpha value is -1.84. The first-order chi connectivity index (χ1) is 26.5. The van der Waals surface area contributed by atoms with Crippen LogP contribution in [0.1, 0.15) is 153 Å². The monoisotopic (exact) mass is 860 g/mol. The smallest absolute Gasteiger partial charge is 0.0779 e. The first-order valence-electron chi connectivity index (χ1n) is 22.1. The van der Waals surface area contributed by atoms with Gasteiger partial charge in [0.15, 0.2) is 0 Å². The molecule has 0 nitrogen and oxygen atoms in total. The Morgan fingerprint density at radius 2 is 0.745 bits per heavy atom. The van der Waals surface area contributed by atoms with Gasteiger partial charge in [0.25, 0.3) is 0 Å². The Balaban J connectivity index is 1.93. The average molecular weight is 863 g/mol. The van der Waals surface area contributed by atoms with Crippen LogP contribution in [0.4, 0.5) is 0 Å². The van der Waals surface area contributed by atoms with Gasteiger partial charge in [-0.25, -0.2) is 0 Å². The molecule has 0 aliphatic carbocycles. The van der Waals surface area contributed by atoms with Crippen LogP contribution in [-0.4, -0.2) is 8.07 Å². The van der Waals surface area contributed by atoms with Crippen LogP contribution in [0.5, 0.6) is 0 Å². The van der Waals surface area contributed by atoms with Crippen molar-refractivity contribution in [1.82, 2.24) is 0 Å². The molecule has 0 saturated heterocycles. The summed E-state index contributed by atoms with van der Waals surface area (Å²) in [5.41, 5.74) is 13.7. The molecule has 0 amide bonds. The minimum Gasteiger partial charge on any atom is -0.0843 e. The average Bonchev–Trinajstić information content (AvgIpc) is 3.14. The van der Waals surface area contributed by atoms with Crippen LogP contribution < -0.4 is 5.19 Å². The number of aryl methyl sites for hydroxylation is 4. The molecule has 0 aromatic heterocycles. The van der Waals surface area contributed by atoms with Crippen molar-refractivity contribution in [3.63, 3.8) is 0 Å². The van der Waals surface area contributed by atoms with E-state index in [1.807, 2.05) is 6.07 Å². The molecule has 55 heavy (non-hydrogen) atoms. The Labute approximate surface area is 356 Å². The van der Waals surface area contributed by atoms with Crippen LogP contribution >= 0.6 is 39.1 Å². The second kappa shape index (κ2) is 23.5. The molecule has 0 aliphatic rings. The molecule has 0 saturated carbocycles. The molecule has 0 atom stereocenters. The van der Waals surface area contributed by atoms with Crippen molar-refractivity contribution in [2.45, 2.75) is 176 Å². The van der Waals surface area contributed by atoms with E-state index in [-0.39, 0.29) is 0 Å². The molecule has 4 aromatic rings. The number of hydrogen-bond acceptors (Lipinski definition) is 0. The molecule has 0 N–H and O–H groups in total. The van der Waals surface area contributed by atoms with E-state index < -0.39 is 8.07 Å². The highest BCUT2D eigenvalue weighted by atomic mass is 79.9. The summed E-state index contributed by atoms with van der Waals surface area (Å²) >= 11 is 17.6. The number of rotatable bonds is 24. The summed E-state index contributed by atoms with van der Waals surface area (Å²) in [6.45, 7) is 16.8. The summed E-state index contributed by atoms with van der Waals surface area (Å²) in [6.07, 6.45) is 24.5. The zero-order valence-corrected chi connectivity index (χ0v) is 39.6. The molecule has 0 aliphatic heterocycles. The summed E-state index contributed by atoms with van der Waals surface area (Å²) < 4.78 is 1.02. The van der Waals surface area contributed by atoms with Crippen molar-refractivity contribution in [3.8, 4) is 33.4 Å². The molecule has 0 heterocycles. The lowest BCUT2D eigenvalue weighted by molar-refractivity contribution is 0.664. The number of halogens is 3. The zero-order chi connectivity index (χ0) is 39.8. The maximum absolute atomic E-state index is 7.21. The summed E-state index contributed by atoms with van der Waals surface area (Å²) in [6, 6.07) is 23.6. The Bertz CT molecular complexity index is 1760. The maximum atomic E-state index is 7.21. The molecular weight excluding hydrogens is 791 g/mol. The van der Waals surface area contributed by atoms with Gasteiger partial charge in [-0.3, -0.25) is 0 Å². The van der Waals surface area contributed by atoms with Gasteiger partial charge in [0.1, 0.15) is 0 Å². The normalized spacial score (nSPS) is 11.8. The van der Waals surface area contributed by atoms with E-state index in [0.29, 0.717) is 0 Å². The number of unbranched alkanes of at least 4 members (excludes halogenated alkanes) is 12. The molecule has 0 spiro atoms. The van der Waals surface area contributed by atoms with Crippen LogP contribution in [0.3, 0.4) is 0 Å². The molecule has 4 aromatic carbocycles. The Morgan fingerprint density at radius 1 is 0.400 bits per heavy atom. The van der Waals surface area contributed by atoms with Crippen LogP contribution in [0, 0.1) is 0 Å². The topological polar surface area (TPSA) is 0 Å². The third kappa shape index (κ3) is 14.2. The fraction of sp³-hybridized carbons (Fsp3) is 0.529. The van der Waals surface area contributed by atoms with Gasteiger partial charge in [-0.15, -0.1) is 0 Å². The first kappa shape index (κ1) is 45.9. The van der Waals surface area contributed by atoms with Gasteiger partial charge in [0.05, 0.1) is 8.07 Å². The van der Waals surface area contributed by atoms with E-state index in [1.54, 1.807) is 10.8 Å². The Morgan fingerprint density at radius 3 is 1.13 bits per heavy atom. The third-order valence-corrected chi connectivity index (χ3v) is 14.3. The molecule has 4 heteroatoms. The SMILES string of the molecule is CCCCCCc1cc(-c2cc(Cl)cc(-c3cc(CCCCCC)c([Si](C)(C)C)cc3CCCCCC)c2)c(CCCCCC)cc1-c1cc(Cl)cc(Br)c1. The van der Waals surface area contributed by atoms with E-state index in [4.69, 9.17) is 23.2 Å². The van der Waals surface area contributed by atoms with Gasteiger partial charge >= 0.3 is 0 Å². The Kier molecular flexibility index (Phi) is 19.6. The highest BCUT2D eigenvalue weighted by molar-refractivity contribution is 9.10. The van der Waals surface area contributed by atoms with Crippen molar-refractivity contribution in [2.75, 3.05) is 0 Å². The molecule has 300 valence electrons. The zero-order valence-electron chi connectivity index (χ0n) is 35.5. The van der Waals surface area contributed by atoms with Gasteiger partial charge in [-0.05, 0) is 143 Å². The first-order valence-corrected chi connectivity index (χ1v) is 27.1. The van der Waals surface area contributed by atoms with Crippen molar-refractivity contribution in [2.24, 2.45) is 0 Å². The van der Waals surface area contributed by atoms with E-state index in [2.05, 4.69) is 118 Å². The predicted molar refractivity (Wildman–Crippen MR) is 255 cm³/mol. The predicted octanol–water partition coefficient (Wildman–Crippen LogP) is 17.8. The molecular formula is C51H71BrCl2Si. The highest BCUT2D eigenvalue weighted by Gasteiger charge is 2.23. The number of benzene rings is 4. The standard InChI is InChI=1S/C51H71BrCl2Si/c1-8-12-16-20-24-38-34-49(44-29-45(52)37-47(54)32-44)39(25-21-17-13-9-2)33-48(38)42-28-43(31-46(53)30-42)50-35-41(27-23-19-15-11-4)51(55(5,6)7)36-40(50)26-22-18-14-10-3/h28-37H,8-27H2,1-7H3. The van der Waals surface area contributed by atoms with Gasteiger partial charge in [0, 0.05) is 14.5 Å². The highest BCUT2D eigenvalue weighted by Crippen LogP contribution is 2.40. The van der Waals surface area contributed by atoms with Crippen molar-refractivity contribution in [3.05, 3.63) is 97.4 Å². The minimum absolute atomic E-state index is 0.768. The molecule has 0 radical (unpaired) electrons. The molecule has 0 unspecified atom stereocenters. The van der Waals surface area contributed by atoms with E-state index >= 15 is 0 Å². The van der Waals surface area contributed by atoms with Crippen LogP contribution in [-0.2, 0) is 25.7 Å². The minimum atomic E-state index is -1.56. The van der Waals surface area contributed by atoms with Crippen molar-refractivity contribution >= 4 is 52.4 Å². The van der Waals surface area contributed by atoms with Crippen molar-refractivity contribution in [1.29, 1.82) is 0 Å². The lowest BCUT2D eigenvalue weighted by atomic mass is 9.85. The summed E-state index contributed by atoms with van der Waals surface area (Å²) in [5, 5.41) is 3.25. The molecule has 0 fully saturated rings. The third-order valence-electron chi connectivity index (χ3n) is 11.4. The van der Waals surface area contributed by atoms with E-state index in [1.165, 1.54) is 159 Å². The maximum Gasteiger partial charge on any atom is 0.0779 e. The fourth-order valence-corrected chi connectivity index (χ4v) is 11.2. The largest absolute Gasteiger partial charge is 0.0843 e. The van der Waals surface area contributed by atoms with Gasteiger partial charge < -0.3 is 0 Å². The van der Waals surface area contributed by atoms with Crippen molar-refractivity contribution < 1.29 is 0 Å². The van der Waals surface area contributed by atoms with E-state index in [0.717, 1.165) is 33.8 Å². The van der Waals surface area contributed by atoms with Crippen LogP contribution in [0.2, 0.25) is 29.7 Å². The second-order valence-electron chi connectivity index (χ2n) is 17.2. The molecule has 0 bridgehead atoms. The summed E-state index contributed by atoms with van der Waals surface area (Å²) in [5.74, 6) is 0. The van der Waals surface area contributed by atoms with Crippen LogP contribution in [0.15, 0.2) is 65.1 Å². The van der Waals surface area contributed by atoms with Gasteiger partial charge in [-0.1, -0.05) is 193 Å². The van der Waals surface area contributed by atoms with Gasteiger partial charge in [-0.2, -0.15) is 0 Å². The lowest BCUT2D eigenvalue weighted by Gasteiger charge is -2.25. The second-order valence-corrected chi connectivity index (χ2v) is 24.0. The quantitative estimate of drug-likeness (QED) is 0.0486. The van der Waals surface area contributed by atoms with E-state index in [9.17, 15) is 0 Å².